The number of hydrogen-bond acceptors (Lipinski definition) is 9. The van der Waals surface area contributed by atoms with Gasteiger partial charge in [-0.1, -0.05) is 59.9 Å². The summed E-state index contributed by atoms with van der Waals surface area (Å²) in [5.74, 6) is 1.64. The highest BCUT2D eigenvalue weighted by Gasteiger charge is 2.14. The Morgan fingerprint density at radius 3 is 2.26 bits per heavy atom. The first-order chi connectivity index (χ1) is 19.1. The topological polar surface area (TPSA) is 116 Å². The van der Waals surface area contributed by atoms with E-state index in [-0.39, 0.29) is 12.2 Å². The summed E-state index contributed by atoms with van der Waals surface area (Å²) in [5, 5.41) is 21.5. The molecule has 10 heteroatoms. The molecule has 1 aromatic heterocycles. The van der Waals surface area contributed by atoms with Gasteiger partial charge >= 0.3 is 0 Å². The van der Waals surface area contributed by atoms with Gasteiger partial charge in [0.1, 0.15) is 29.9 Å². The van der Waals surface area contributed by atoms with E-state index >= 15 is 0 Å². The van der Waals surface area contributed by atoms with E-state index in [2.05, 4.69) is 15.5 Å². The van der Waals surface area contributed by atoms with Crippen LogP contribution >= 0.6 is 11.3 Å². The van der Waals surface area contributed by atoms with E-state index in [1.807, 2.05) is 60.7 Å². The van der Waals surface area contributed by atoms with Crippen LogP contribution in [0.4, 0.5) is 5.13 Å². The summed E-state index contributed by atoms with van der Waals surface area (Å²) in [5.41, 5.74) is 1.60. The van der Waals surface area contributed by atoms with E-state index in [4.69, 9.17) is 18.9 Å². The van der Waals surface area contributed by atoms with Crippen LogP contribution in [0.3, 0.4) is 0 Å². The van der Waals surface area contributed by atoms with Crippen molar-refractivity contribution >= 4 is 28.5 Å². The molecular weight excluding hydrogens is 516 g/mol. The Balaban J connectivity index is 1.36. The number of rotatable bonds is 12. The minimum Gasteiger partial charge on any atom is -0.493 e. The number of hydrogen-bond donors (Lipinski definition) is 1. The number of nitrogens with one attached hydrogen (secondary N) is 1. The zero-order valence-corrected chi connectivity index (χ0v) is 22.2. The normalized spacial score (nSPS) is 10.8. The van der Waals surface area contributed by atoms with Gasteiger partial charge in [0.2, 0.25) is 5.13 Å². The highest BCUT2D eigenvalue weighted by atomic mass is 32.1. The second-order valence-electron chi connectivity index (χ2n) is 8.05. The molecule has 0 unspecified atom stereocenters. The van der Waals surface area contributed by atoms with Gasteiger partial charge in [0, 0.05) is 6.42 Å². The predicted molar refractivity (Wildman–Crippen MR) is 148 cm³/mol. The highest BCUT2D eigenvalue weighted by molar-refractivity contribution is 7.15. The van der Waals surface area contributed by atoms with Crippen molar-refractivity contribution in [2.24, 2.45) is 0 Å². The van der Waals surface area contributed by atoms with Gasteiger partial charge in [-0.15, -0.1) is 10.2 Å². The molecule has 0 aliphatic rings. The van der Waals surface area contributed by atoms with Crippen molar-refractivity contribution in [3.63, 3.8) is 0 Å². The van der Waals surface area contributed by atoms with Gasteiger partial charge in [-0.25, -0.2) is 0 Å². The number of carbonyl (C=O) groups is 1. The van der Waals surface area contributed by atoms with Gasteiger partial charge in [-0.05, 0) is 41.5 Å². The van der Waals surface area contributed by atoms with Crippen LogP contribution in [-0.4, -0.2) is 43.5 Å². The number of carbonyl (C=O) groups excluding carboxylic acids is 1. The third-order valence-corrected chi connectivity index (χ3v) is 6.26. The second kappa shape index (κ2) is 13.6. The van der Waals surface area contributed by atoms with Crippen LogP contribution < -0.4 is 24.3 Å². The average molecular weight is 543 g/mol. The van der Waals surface area contributed by atoms with Crippen molar-refractivity contribution in [3.8, 4) is 29.1 Å². The molecule has 39 heavy (non-hydrogen) atoms. The lowest BCUT2D eigenvalue weighted by molar-refractivity contribution is -0.112. The number of ether oxygens (including phenoxy) is 4. The Labute approximate surface area is 230 Å². The monoisotopic (exact) mass is 542 g/mol. The quantitative estimate of drug-likeness (QED) is 0.148. The highest BCUT2D eigenvalue weighted by Crippen LogP contribution is 2.30. The van der Waals surface area contributed by atoms with Crippen LogP contribution in [0, 0.1) is 11.3 Å². The first-order valence-corrected chi connectivity index (χ1v) is 12.8. The molecule has 0 fully saturated rings. The standard InChI is InChI=1S/C29H26N4O5S/c1-35-23-10-6-7-11-24(23)37-14-15-38-25-13-12-21(17-26(25)36-2)16-22(19-30)28(34)31-29-33-32-27(39-29)18-20-8-4-3-5-9-20/h3-13,16-17H,14-15,18H2,1-2H3,(H,31,33,34)/b22-16-. The molecule has 9 nitrogen and oxygen atoms in total. The van der Waals surface area contributed by atoms with Gasteiger partial charge in [0.05, 0.1) is 14.2 Å². The largest absolute Gasteiger partial charge is 0.493 e. The number of anilines is 1. The number of aromatic nitrogens is 2. The third kappa shape index (κ3) is 7.56. The molecule has 1 heterocycles. The maximum atomic E-state index is 12.7. The summed E-state index contributed by atoms with van der Waals surface area (Å²) in [6, 6.07) is 24.3. The van der Waals surface area contributed by atoms with E-state index < -0.39 is 5.91 Å². The van der Waals surface area contributed by atoms with Crippen LogP contribution in [0.2, 0.25) is 0 Å². The third-order valence-electron chi connectivity index (χ3n) is 5.42. The van der Waals surface area contributed by atoms with Crippen molar-refractivity contribution in [2.75, 3.05) is 32.8 Å². The molecule has 0 radical (unpaired) electrons. The molecule has 1 N–H and O–H groups in total. The van der Waals surface area contributed by atoms with Crippen molar-refractivity contribution < 1.29 is 23.7 Å². The fourth-order valence-electron chi connectivity index (χ4n) is 3.56. The Morgan fingerprint density at radius 2 is 1.56 bits per heavy atom. The van der Waals surface area contributed by atoms with E-state index in [1.165, 1.54) is 24.5 Å². The molecule has 0 aliphatic heterocycles. The Bertz CT molecular complexity index is 1480. The number of amides is 1. The predicted octanol–water partition coefficient (Wildman–Crippen LogP) is 5.15. The summed E-state index contributed by atoms with van der Waals surface area (Å²) in [6.07, 6.45) is 2.08. The van der Waals surface area contributed by atoms with Gasteiger partial charge in [0.15, 0.2) is 23.0 Å². The summed E-state index contributed by atoms with van der Waals surface area (Å²) in [6.45, 7) is 0.562. The molecule has 0 aliphatic carbocycles. The molecule has 0 saturated carbocycles. The number of benzene rings is 3. The maximum Gasteiger partial charge on any atom is 0.268 e. The average Bonchev–Trinajstić information content (AvgIpc) is 3.41. The Morgan fingerprint density at radius 1 is 0.897 bits per heavy atom. The smallest absolute Gasteiger partial charge is 0.268 e. The maximum absolute atomic E-state index is 12.7. The van der Waals surface area contributed by atoms with E-state index in [1.54, 1.807) is 25.3 Å². The molecule has 3 aromatic carbocycles. The molecule has 4 rings (SSSR count). The number of nitriles is 1. The molecular formula is C29H26N4O5S. The molecule has 0 bridgehead atoms. The van der Waals surface area contributed by atoms with Gasteiger partial charge in [0.25, 0.3) is 5.91 Å². The van der Waals surface area contributed by atoms with Gasteiger partial charge in [-0.2, -0.15) is 5.26 Å². The van der Waals surface area contributed by atoms with E-state index in [0.29, 0.717) is 46.7 Å². The fraction of sp³-hybridized carbons (Fsp3) is 0.172. The molecule has 4 aromatic rings. The summed E-state index contributed by atoms with van der Waals surface area (Å²) in [7, 11) is 3.10. The van der Waals surface area contributed by atoms with Crippen LogP contribution in [0.25, 0.3) is 6.08 Å². The number of nitrogens with zero attached hydrogens (tertiary/aromatic N) is 3. The molecule has 1 amide bonds. The molecule has 0 spiro atoms. The van der Waals surface area contributed by atoms with Crippen LogP contribution in [-0.2, 0) is 11.2 Å². The summed E-state index contributed by atoms with van der Waals surface area (Å²) < 4.78 is 22.3. The minimum atomic E-state index is -0.576. The van der Waals surface area contributed by atoms with Crippen LogP contribution in [0.15, 0.2) is 78.4 Å². The summed E-state index contributed by atoms with van der Waals surface area (Å²) >= 11 is 1.26. The SMILES string of the molecule is COc1ccccc1OCCOc1ccc(/C=C(/C#N)C(=O)Nc2nnc(Cc3ccccc3)s2)cc1OC. The number of methoxy groups -OCH3 is 2. The lowest BCUT2D eigenvalue weighted by Crippen LogP contribution is -2.13. The molecule has 0 saturated heterocycles. The van der Waals surface area contributed by atoms with E-state index in [0.717, 1.165) is 10.6 Å². The van der Waals surface area contributed by atoms with Crippen molar-refractivity contribution in [2.45, 2.75) is 6.42 Å². The van der Waals surface area contributed by atoms with Crippen molar-refractivity contribution in [1.82, 2.24) is 10.2 Å². The number of para-hydroxylation sites is 2. The Hall–Kier alpha value is -4.88. The Kier molecular flexibility index (Phi) is 9.47. The molecule has 198 valence electrons. The van der Waals surface area contributed by atoms with Crippen LogP contribution in [0.1, 0.15) is 16.1 Å². The first-order valence-electron chi connectivity index (χ1n) is 12.0. The lowest BCUT2D eigenvalue weighted by Gasteiger charge is -2.13. The van der Waals surface area contributed by atoms with Gasteiger partial charge < -0.3 is 18.9 Å². The molecule has 0 atom stereocenters. The van der Waals surface area contributed by atoms with Gasteiger partial charge in [-0.3, -0.25) is 10.1 Å². The minimum absolute atomic E-state index is 0.0873. The van der Waals surface area contributed by atoms with E-state index in [9.17, 15) is 10.1 Å². The van der Waals surface area contributed by atoms with Crippen molar-refractivity contribution in [1.29, 1.82) is 5.26 Å². The summed E-state index contributed by atoms with van der Waals surface area (Å²) in [4.78, 5) is 12.7. The zero-order valence-electron chi connectivity index (χ0n) is 21.4. The zero-order chi connectivity index (χ0) is 27.5. The van der Waals surface area contributed by atoms with Crippen LogP contribution in [0.5, 0.6) is 23.0 Å². The second-order valence-corrected chi connectivity index (χ2v) is 9.11. The lowest BCUT2D eigenvalue weighted by atomic mass is 10.1. The fourth-order valence-corrected chi connectivity index (χ4v) is 4.33. The van der Waals surface area contributed by atoms with Crippen molar-refractivity contribution in [3.05, 3.63) is 94.5 Å². The first kappa shape index (κ1) is 27.2.